The summed E-state index contributed by atoms with van der Waals surface area (Å²) in [5.41, 5.74) is 0. The Labute approximate surface area is 126 Å². The molecule has 1 saturated carbocycles. The van der Waals surface area contributed by atoms with Crippen LogP contribution < -0.4 is 0 Å². The molecule has 1 aliphatic rings. The minimum atomic E-state index is -0.463. The van der Waals surface area contributed by atoms with E-state index in [4.69, 9.17) is 9.26 Å². The Bertz CT molecular complexity index is 470. The zero-order chi connectivity index (χ0) is 15.4. The third kappa shape index (κ3) is 3.63. The molecule has 0 saturated heterocycles. The van der Waals surface area contributed by atoms with Gasteiger partial charge in [0.05, 0.1) is 6.61 Å². The van der Waals surface area contributed by atoms with Crippen molar-refractivity contribution < 1.29 is 14.1 Å². The van der Waals surface area contributed by atoms with Crippen molar-refractivity contribution in [2.75, 3.05) is 6.61 Å². The Hall–Kier alpha value is -1.39. The summed E-state index contributed by atoms with van der Waals surface area (Å²) in [7, 11) is 0. The average molecular weight is 294 g/mol. The van der Waals surface area contributed by atoms with Crippen LogP contribution in [0.3, 0.4) is 0 Å². The van der Waals surface area contributed by atoms with Crippen LogP contribution in [0.5, 0.6) is 0 Å². The first-order valence-electron chi connectivity index (χ1n) is 8.06. The highest BCUT2D eigenvalue weighted by molar-refractivity contribution is 5.77. The van der Waals surface area contributed by atoms with Crippen LogP contribution in [-0.2, 0) is 9.53 Å². The maximum absolute atomic E-state index is 12.1. The van der Waals surface area contributed by atoms with Crippen molar-refractivity contribution in [2.24, 2.45) is 11.8 Å². The van der Waals surface area contributed by atoms with Crippen molar-refractivity contribution in [1.29, 1.82) is 0 Å². The Kier molecular flexibility index (Phi) is 5.37. The van der Waals surface area contributed by atoms with Gasteiger partial charge in [0.15, 0.2) is 5.82 Å². The van der Waals surface area contributed by atoms with E-state index >= 15 is 0 Å². The molecule has 1 aliphatic carbocycles. The molecule has 0 N–H and O–H groups in total. The first-order valence-corrected chi connectivity index (χ1v) is 8.06. The molecule has 5 nitrogen and oxygen atoms in total. The molecule has 0 radical (unpaired) electrons. The highest BCUT2D eigenvalue weighted by atomic mass is 16.5. The highest BCUT2D eigenvalue weighted by Gasteiger charge is 2.34. The number of hydrogen-bond donors (Lipinski definition) is 0. The van der Waals surface area contributed by atoms with E-state index in [9.17, 15) is 4.79 Å². The van der Waals surface area contributed by atoms with Gasteiger partial charge in [0.1, 0.15) is 5.92 Å². The van der Waals surface area contributed by atoms with Crippen LogP contribution in [0.25, 0.3) is 0 Å². The maximum Gasteiger partial charge on any atom is 0.318 e. The molecule has 1 heterocycles. The van der Waals surface area contributed by atoms with Crippen molar-refractivity contribution >= 4 is 5.97 Å². The number of rotatable bonds is 6. The summed E-state index contributed by atoms with van der Waals surface area (Å²) >= 11 is 0. The van der Waals surface area contributed by atoms with E-state index in [2.05, 4.69) is 17.1 Å². The molecular weight excluding hydrogens is 268 g/mol. The van der Waals surface area contributed by atoms with Gasteiger partial charge in [0.25, 0.3) is 0 Å². The number of carbonyl (C=O) groups is 1. The first-order chi connectivity index (χ1) is 10.1. The van der Waals surface area contributed by atoms with E-state index < -0.39 is 5.92 Å². The van der Waals surface area contributed by atoms with E-state index in [1.807, 2.05) is 13.8 Å². The van der Waals surface area contributed by atoms with Gasteiger partial charge in [-0.25, -0.2) is 0 Å². The molecule has 118 valence electrons. The molecule has 1 aromatic rings. The van der Waals surface area contributed by atoms with E-state index in [1.54, 1.807) is 6.92 Å². The molecule has 0 spiro atoms. The van der Waals surface area contributed by atoms with E-state index in [-0.39, 0.29) is 11.9 Å². The topological polar surface area (TPSA) is 65.2 Å². The second-order valence-corrected chi connectivity index (χ2v) is 6.25. The molecule has 1 fully saturated rings. The van der Waals surface area contributed by atoms with Crippen LogP contribution in [0.2, 0.25) is 0 Å². The van der Waals surface area contributed by atoms with Crippen molar-refractivity contribution in [3.05, 3.63) is 11.7 Å². The van der Waals surface area contributed by atoms with Crippen LogP contribution in [0, 0.1) is 11.8 Å². The molecule has 3 unspecified atom stereocenters. The van der Waals surface area contributed by atoms with Gasteiger partial charge >= 0.3 is 5.97 Å². The second-order valence-electron chi connectivity index (χ2n) is 6.25. The molecule has 3 atom stereocenters. The van der Waals surface area contributed by atoms with Crippen LogP contribution in [0.4, 0.5) is 0 Å². The lowest BCUT2D eigenvalue weighted by atomic mass is 9.96. The van der Waals surface area contributed by atoms with Gasteiger partial charge in [0.2, 0.25) is 5.89 Å². The highest BCUT2D eigenvalue weighted by Crippen LogP contribution is 2.39. The van der Waals surface area contributed by atoms with Crippen LogP contribution in [0.1, 0.15) is 76.9 Å². The minimum absolute atomic E-state index is 0.0734. The Morgan fingerprint density at radius 2 is 2.14 bits per heavy atom. The summed E-state index contributed by atoms with van der Waals surface area (Å²) in [6, 6.07) is 0. The van der Waals surface area contributed by atoms with Gasteiger partial charge < -0.3 is 9.26 Å². The molecule has 0 aliphatic heterocycles. The van der Waals surface area contributed by atoms with Crippen LogP contribution >= 0.6 is 0 Å². The summed E-state index contributed by atoms with van der Waals surface area (Å²) < 4.78 is 10.5. The first kappa shape index (κ1) is 16.0. The van der Waals surface area contributed by atoms with Crippen LogP contribution in [0.15, 0.2) is 4.52 Å². The van der Waals surface area contributed by atoms with Crippen LogP contribution in [-0.4, -0.2) is 22.7 Å². The Balaban J connectivity index is 2.12. The summed E-state index contributed by atoms with van der Waals surface area (Å²) in [5.74, 6) is 1.64. The lowest BCUT2D eigenvalue weighted by Gasteiger charge is -2.14. The number of ether oxygens (including phenoxy) is 1. The van der Waals surface area contributed by atoms with E-state index in [0.29, 0.717) is 18.4 Å². The zero-order valence-corrected chi connectivity index (χ0v) is 13.5. The van der Waals surface area contributed by atoms with Crippen molar-refractivity contribution in [3.63, 3.8) is 0 Å². The molecule has 5 heteroatoms. The summed E-state index contributed by atoms with van der Waals surface area (Å²) in [5, 5.41) is 4.12. The monoisotopic (exact) mass is 294 g/mol. The fourth-order valence-corrected chi connectivity index (χ4v) is 3.11. The van der Waals surface area contributed by atoms with Crippen molar-refractivity contribution in [2.45, 2.75) is 65.2 Å². The van der Waals surface area contributed by atoms with Gasteiger partial charge in [-0.3, -0.25) is 4.79 Å². The smallest absolute Gasteiger partial charge is 0.318 e. The van der Waals surface area contributed by atoms with E-state index in [1.165, 1.54) is 12.8 Å². The van der Waals surface area contributed by atoms with Gasteiger partial charge in [-0.15, -0.1) is 0 Å². The Morgan fingerprint density at radius 1 is 1.38 bits per heavy atom. The fraction of sp³-hybridized carbons (Fsp3) is 0.812. The number of carbonyl (C=O) groups excluding carboxylic acids is 1. The number of nitrogens with zero attached hydrogens (tertiary/aromatic N) is 2. The number of hydrogen-bond acceptors (Lipinski definition) is 5. The normalized spacial score (nSPS) is 23.5. The summed E-state index contributed by atoms with van der Waals surface area (Å²) in [6.45, 7) is 8.33. The van der Waals surface area contributed by atoms with Gasteiger partial charge in [-0.1, -0.05) is 32.3 Å². The summed E-state index contributed by atoms with van der Waals surface area (Å²) in [6.07, 6.45) is 4.68. The molecule has 2 rings (SSSR count). The standard InChI is InChI=1S/C16H26N2O3/c1-5-11-7-8-12(9-11)14-17-15(21-18-14)13(10(3)4)16(19)20-6-2/h10-13H,5-9H2,1-4H3. The predicted molar refractivity (Wildman–Crippen MR) is 78.9 cm³/mol. The quantitative estimate of drug-likeness (QED) is 0.749. The molecule has 0 aromatic carbocycles. The second kappa shape index (κ2) is 7.05. The van der Waals surface area contributed by atoms with Gasteiger partial charge in [-0.2, -0.15) is 4.98 Å². The lowest BCUT2D eigenvalue weighted by molar-refractivity contribution is -0.146. The zero-order valence-electron chi connectivity index (χ0n) is 13.5. The Morgan fingerprint density at radius 3 is 2.71 bits per heavy atom. The SMILES string of the molecule is CCOC(=O)C(c1nc(C2CCC(CC)C2)no1)C(C)C. The maximum atomic E-state index is 12.1. The third-order valence-electron chi connectivity index (χ3n) is 4.41. The van der Waals surface area contributed by atoms with Crippen molar-refractivity contribution in [1.82, 2.24) is 10.1 Å². The van der Waals surface area contributed by atoms with Gasteiger partial charge in [-0.05, 0) is 38.0 Å². The third-order valence-corrected chi connectivity index (χ3v) is 4.41. The largest absolute Gasteiger partial charge is 0.465 e. The average Bonchev–Trinajstić information content (AvgIpc) is 3.06. The fourth-order valence-electron chi connectivity index (χ4n) is 3.11. The van der Waals surface area contributed by atoms with Gasteiger partial charge in [0, 0.05) is 5.92 Å². The van der Waals surface area contributed by atoms with E-state index in [0.717, 1.165) is 24.6 Å². The molecular formula is C16H26N2O3. The summed E-state index contributed by atoms with van der Waals surface area (Å²) in [4.78, 5) is 16.6. The number of esters is 1. The predicted octanol–water partition coefficient (Wildman–Crippen LogP) is 3.67. The molecule has 0 bridgehead atoms. The van der Waals surface area contributed by atoms with Crippen molar-refractivity contribution in [3.8, 4) is 0 Å². The molecule has 0 amide bonds. The molecule has 1 aromatic heterocycles. The molecule has 21 heavy (non-hydrogen) atoms. The lowest BCUT2D eigenvalue weighted by Crippen LogP contribution is -2.21. The number of aromatic nitrogens is 2. The minimum Gasteiger partial charge on any atom is -0.465 e.